The summed E-state index contributed by atoms with van der Waals surface area (Å²) < 4.78 is 10.5. The Balaban J connectivity index is 1.46. The number of ether oxygens (including phenoxy) is 2. The molecule has 1 heterocycles. The summed E-state index contributed by atoms with van der Waals surface area (Å²) in [4.78, 5) is 67.2. The van der Waals surface area contributed by atoms with Crippen LogP contribution >= 0.6 is 69.6 Å². The molecule has 0 aliphatic carbocycles. The van der Waals surface area contributed by atoms with E-state index in [1.54, 1.807) is 18.2 Å². The fourth-order valence-corrected chi connectivity index (χ4v) is 5.95. The number of Topliss-reactive ketones (excluding diaryl/α,β-unsaturated/α-hetero) is 1. The number of fused-ring (bicyclic) bond motifs is 1. The lowest BCUT2D eigenvalue weighted by atomic mass is 10.1. The van der Waals surface area contributed by atoms with Crippen molar-refractivity contribution in [1.29, 1.82) is 0 Å². The first-order valence-corrected chi connectivity index (χ1v) is 15.1. The Morgan fingerprint density at radius 1 is 0.717 bits per heavy atom. The molecule has 0 radical (unpaired) electrons. The maximum atomic E-state index is 13.8. The quantitative estimate of drug-likeness (QED) is 0.0446. The largest absolute Gasteiger partial charge is 0.497 e. The highest BCUT2D eigenvalue weighted by molar-refractivity contribution is 6.55. The van der Waals surface area contributed by atoms with Gasteiger partial charge in [-0.25, -0.2) is 9.80 Å². The molecule has 46 heavy (non-hydrogen) atoms. The number of carbonyl (C=O) groups excluding carboxylic acids is 5. The molecule has 0 saturated heterocycles. The number of benzene rings is 4. The molecule has 5 rings (SSSR count). The molecule has 0 fully saturated rings. The van der Waals surface area contributed by atoms with Crippen molar-refractivity contribution in [3.8, 4) is 11.5 Å². The van der Waals surface area contributed by atoms with Gasteiger partial charge in [-0.2, -0.15) is 5.01 Å². The third kappa shape index (κ3) is 6.27. The van der Waals surface area contributed by atoms with Crippen molar-refractivity contribution in [2.24, 2.45) is 0 Å². The number of esters is 1. The van der Waals surface area contributed by atoms with E-state index in [1.165, 1.54) is 55.6 Å². The van der Waals surface area contributed by atoms with Crippen molar-refractivity contribution >= 4 is 99.1 Å². The fourth-order valence-electron chi connectivity index (χ4n) is 4.44. The average molecular weight is 741 g/mol. The van der Waals surface area contributed by atoms with Gasteiger partial charge in [-0.1, -0.05) is 75.7 Å². The van der Waals surface area contributed by atoms with Crippen LogP contribution in [0.2, 0.25) is 30.1 Å². The van der Waals surface area contributed by atoms with E-state index in [4.69, 9.17) is 79.1 Å². The molecule has 4 aromatic carbocycles. The molecule has 3 amide bonds. The minimum atomic E-state index is -1.09. The van der Waals surface area contributed by atoms with E-state index < -0.39 is 47.1 Å². The highest BCUT2D eigenvalue weighted by Crippen LogP contribution is 2.45. The summed E-state index contributed by atoms with van der Waals surface area (Å²) in [5.74, 6) is -3.98. The first-order valence-electron chi connectivity index (χ1n) is 12.8. The van der Waals surface area contributed by atoms with Gasteiger partial charge in [0.15, 0.2) is 5.78 Å². The lowest BCUT2D eigenvalue weighted by molar-refractivity contribution is 0.00532. The number of nitrogens with zero attached hydrogens (tertiary/aromatic N) is 2. The zero-order valence-electron chi connectivity index (χ0n) is 23.1. The van der Waals surface area contributed by atoms with Gasteiger partial charge in [0.25, 0.3) is 17.7 Å². The molecule has 1 aliphatic heterocycles. The zero-order chi connectivity index (χ0) is 33.4. The number of ketones is 1. The van der Waals surface area contributed by atoms with Crippen LogP contribution in [0.25, 0.3) is 0 Å². The van der Waals surface area contributed by atoms with Crippen LogP contribution in [0.15, 0.2) is 66.7 Å². The third-order valence-corrected chi connectivity index (χ3v) is 9.05. The van der Waals surface area contributed by atoms with E-state index >= 15 is 0 Å². The number of methoxy groups -OCH3 is 1. The summed E-state index contributed by atoms with van der Waals surface area (Å²) in [6.07, 6.45) is 0. The second-order valence-electron chi connectivity index (χ2n) is 9.48. The Morgan fingerprint density at radius 2 is 1.33 bits per heavy atom. The summed E-state index contributed by atoms with van der Waals surface area (Å²) in [6, 6.07) is 15.6. The second kappa shape index (κ2) is 13.5. The lowest BCUT2D eigenvalue weighted by Gasteiger charge is -2.29. The first-order chi connectivity index (χ1) is 21.8. The van der Waals surface area contributed by atoms with Gasteiger partial charge in [-0.15, -0.1) is 0 Å². The number of hydrogen-bond donors (Lipinski definition) is 0. The van der Waals surface area contributed by atoms with Crippen molar-refractivity contribution in [3.63, 3.8) is 0 Å². The number of imide groups is 1. The van der Waals surface area contributed by atoms with Gasteiger partial charge in [0.1, 0.15) is 18.0 Å². The fraction of sp³-hybridized carbons (Fsp3) is 0.0645. The molecule has 0 N–H and O–H groups in total. The smallest absolute Gasteiger partial charge is 0.343 e. The van der Waals surface area contributed by atoms with Crippen LogP contribution in [-0.4, -0.2) is 53.1 Å². The normalized spacial score (nSPS) is 12.2. The van der Waals surface area contributed by atoms with Crippen molar-refractivity contribution in [2.45, 2.75) is 0 Å². The van der Waals surface area contributed by atoms with Gasteiger partial charge in [0.05, 0.1) is 54.5 Å². The topological polar surface area (TPSA) is 110 Å². The van der Waals surface area contributed by atoms with E-state index in [0.717, 1.165) is 0 Å². The zero-order valence-corrected chi connectivity index (χ0v) is 27.6. The SMILES string of the molecule is COc1cccc(C(=O)Oc2ccc(C(=O)CN(C(=O)c3ccc(Cl)cc3Cl)N3C(=O)c4c(Cl)c(Cl)c(Cl)c(Cl)c4C3=O)cc2)c1. The number of hydrazine groups is 1. The van der Waals surface area contributed by atoms with Gasteiger partial charge in [-0.3, -0.25) is 19.2 Å². The van der Waals surface area contributed by atoms with E-state index in [0.29, 0.717) is 15.8 Å². The monoisotopic (exact) mass is 738 g/mol. The summed E-state index contributed by atoms with van der Waals surface area (Å²) in [7, 11) is 1.46. The van der Waals surface area contributed by atoms with E-state index in [1.807, 2.05) is 0 Å². The summed E-state index contributed by atoms with van der Waals surface area (Å²) >= 11 is 37.0. The molecular weight excluding hydrogens is 725 g/mol. The van der Waals surface area contributed by atoms with Crippen LogP contribution in [0.5, 0.6) is 11.5 Å². The number of carbonyl (C=O) groups is 5. The Kier molecular flexibility index (Phi) is 9.83. The van der Waals surface area contributed by atoms with Crippen LogP contribution in [0.1, 0.15) is 51.8 Å². The van der Waals surface area contributed by atoms with Crippen LogP contribution in [0, 0.1) is 0 Å². The van der Waals surface area contributed by atoms with Crippen molar-refractivity contribution in [3.05, 3.63) is 125 Å². The van der Waals surface area contributed by atoms with E-state index in [-0.39, 0.29) is 52.6 Å². The molecule has 0 unspecified atom stereocenters. The summed E-state index contributed by atoms with van der Waals surface area (Å²) in [6.45, 7) is -0.830. The van der Waals surface area contributed by atoms with Crippen molar-refractivity contribution < 1.29 is 33.4 Å². The Labute approximate surface area is 290 Å². The molecule has 9 nitrogen and oxygen atoms in total. The highest BCUT2D eigenvalue weighted by atomic mass is 35.5. The molecule has 0 spiro atoms. The average Bonchev–Trinajstić information content (AvgIpc) is 3.30. The summed E-state index contributed by atoms with van der Waals surface area (Å²) in [5, 5.41) is -0.175. The maximum Gasteiger partial charge on any atom is 0.343 e. The number of amides is 3. The van der Waals surface area contributed by atoms with Gasteiger partial charge in [-0.05, 0) is 60.7 Å². The standard InChI is InChI=1S/C31H16Cl6N2O7/c1-45-18-4-2-3-15(11-18)31(44)46-17-8-5-14(6-9-17)21(40)13-38(28(41)19-10-7-16(32)12-20(19)33)39-29(42)22-23(30(39)43)25(35)27(37)26(36)24(22)34/h2-12H,13H2,1H3. The minimum Gasteiger partial charge on any atom is -0.497 e. The minimum absolute atomic E-state index is 0.0416. The molecule has 0 atom stereocenters. The second-order valence-corrected chi connectivity index (χ2v) is 11.8. The highest BCUT2D eigenvalue weighted by Gasteiger charge is 2.46. The van der Waals surface area contributed by atoms with Crippen LogP contribution in [0.4, 0.5) is 0 Å². The Morgan fingerprint density at radius 3 is 1.89 bits per heavy atom. The lowest BCUT2D eigenvalue weighted by Crippen LogP contribution is -2.51. The number of rotatable bonds is 8. The molecule has 15 heteroatoms. The van der Waals surface area contributed by atoms with Crippen LogP contribution in [-0.2, 0) is 0 Å². The maximum absolute atomic E-state index is 13.8. The van der Waals surface area contributed by atoms with E-state index in [9.17, 15) is 24.0 Å². The number of hydrogen-bond acceptors (Lipinski definition) is 7. The molecule has 0 saturated carbocycles. The van der Waals surface area contributed by atoms with E-state index in [2.05, 4.69) is 0 Å². The summed E-state index contributed by atoms with van der Waals surface area (Å²) in [5.41, 5.74) is -0.705. The van der Waals surface area contributed by atoms with Crippen LogP contribution in [0.3, 0.4) is 0 Å². The van der Waals surface area contributed by atoms with Crippen molar-refractivity contribution in [2.75, 3.05) is 13.7 Å². The molecule has 0 bridgehead atoms. The Bertz CT molecular complexity index is 1920. The molecule has 234 valence electrons. The van der Waals surface area contributed by atoms with Crippen molar-refractivity contribution in [1.82, 2.24) is 10.0 Å². The van der Waals surface area contributed by atoms with Gasteiger partial charge >= 0.3 is 5.97 Å². The van der Waals surface area contributed by atoms with Gasteiger partial charge in [0, 0.05) is 10.6 Å². The first kappa shape index (κ1) is 33.5. The molecule has 1 aliphatic rings. The molecule has 4 aromatic rings. The Hall–Kier alpha value is -3.83. The van der Waals surface area contributed by atoms with Gasteiger partial charge < -0.3 is 9.47 Å². The van der Waals surface area contributed by atoms with Crippen LogP contribution < -0.4 is 9.47 Å². The van der Waals surface area contributed by atoms with Gasteiger partial charge in [0.2, 0.25) is 0 Å². The predicted molar refractivity (Wildman–Crippen MR) is 173 cm³/mol. The molecule has 0 aromatic heterocycles. The molecular formula is C31H16Cl6N2O7. The third-order valence-electron chi connectivity index (χ3n) is 6.70. The number of halogens is 6. The predicted octanol–water partition coefficient (Wildman–Crippen LogP) is 8.37.